The number of hydrogen-bond acceptors (Lipinski definition) is 8. The van der Waals surface area contributed by atoms with Gasteiger partial charge >= 0.3 is 6.18 Å². The van der Waals surface area contributed by atoms with Gasteiger partial charge < -0.3 is 25.4 Å². The molecule has 0 radical (unpaired) electrons. The van der Waals surface area contributed by atoms with Gasteiger partial charge in [-0.05, 0) is 56.0 Å². The van der Waals surface area contributed by atoms with Crippen LogP contribution in [0.5, 0.6) is 11.5 Å². The van der Waals surface area contributed by atoms with Crippen molar-refractivity contribution in [1.82, 2.24) is 25.5 Å². The molecule has 0 unspecified atom stereocenters. The van der Waals surface area contributed by atoms with Crippen LogP contribution in [0.15, 0.2) is 42.7 Å². The third-order valence-corrected chi connectivity index (χ3v) is 8.19. The van der Waals surface area contributed by atoms with Gasteiger partial charge in [-0.3, -0.25) is 14.5 Å². The minimum atomic E-state index is -4.49. The smallest absolute Gasteiger partial charge is 0.416 e. The van der Waals surface area contributed by atoms with Crippen LogP contribution in [0.25, 0.3) is 10.9 Å². The Kier molecular flexibility index (Phi) is 9.19. The van der Waals surface area contributed by atoms with E-state index in [1.165, 1.54) is 12.4 Å². The largest absolute Gasteiger partial charge is 0.497 e. The van der Waals surface area contributed by atoms with Crippen LogP contribution in [0.2, 0.25) is 0 Å². The maximum Gasteiger partial charge on any atom is 0.416 e. The first-order chi connectivity index (χ1) is 20.6. The summed E-state index contributed by atoms with van der Waals surface area (Å²) in [7, 11) is 3.18. The molecule has 2 aromatic carbocycles. The van der Waals surface area contributed by atoms with E-state index in [0.717, 1.165) is 56.5 Å². The number of halogens is 3. The number of nitrogens with zero attached hydrogens (tertiary/aromatic N) is 3. The second-order valence-corrected chi connectivity index (χ2v) is 10.9. The van der Waals surface area contributed by atoms with E-state index >= 15 is 0 Å². The van der Waals surface area contributed by atoms with Crippen molar-refractivity contribution in [1.29, 1.82) is 0 Å². The summed E-state index contributed by atoms with van der Waals surface area (Å²) in [5.41, 5.74) is 0.432. The van der Waals surface area contributed by atoms with Crippen molar-refractivity contribution < 1.29 is 32.2 Å². The molecular formula is C30H35F3N6O4. The van der Waals surface area contributed by atoms with Gasteiger partial charge in [0.25, 0.3) is 0 Å². The van der Waals surface area contributed by atoms with E-state index in [1.54, 1.807) is 20.3 Å². The number of nitrogens with one attached hydrogen (secondary N) is 3. The van der Waals surface area contributed by atoms with Crippen molar-refractivity contribution in [2.75, 3.05) is 39.2 Å². The number of carbonyl (C=O) groups excluding carboxylic acids is 2. The number of methoxy groups -OCH3 is 2. The summed E-state index contributed by atoms with van der Waals surface area (Å²) >= 11 is 0. The van der Waals surface area contributed by atoms with Crippen molar-refractivity contribution >= 4 is 28.5 Å². The molecule has 0 spiro atoms. The number of aromatic nitrogens is 2. The average molecular weight is 601 g/mol. The highest BCUT2D eigenvalue weighted by molar-refractivity contribution is 5.91. The molecule has 2 heterocycles. The van der Waals surface area contributed by atoms with Gasteiger partial charge in [-0.2, -0.15) is 13.2 Å². The first kappa shape index (κ1) is 30.3. The highest BCUT2D eigenvalue weighted by atomic mass is 19.4. The number of anilines is 1. The molecule has 1 saturated heterocycles. The van der Waals surface area contributed by atoms with E-state index in [9.17, 15) is 22.8 Å². The average Bonchev–Trinajstić information content (AvgIpc) is 2.99. The maximum atomic E-state index is 13.2. The molecule has 1 aliphatic heterocycles. The Morgan fingerprint density at radius 1 is 1.00 bits per heavy atom. The molecule has 1 saturated carbocycles. The number of likely N-dealkylation sites (tertiary alicyclic amines) is 1. The normalized spacial score (nSPS) is 19.4. The summed E-state index contributed by atoms with van der Waals surface area (Å²) in [6.45, 7) is 1.70. The molecule has 3 aromatic rings. The van der Waals surface area contributed by atoms with Gasteiger partial charge in [0.05, 0.1) is 37.9 Å². The van der Waals surface area contributed by atoms with Crippen LogP contribution in [0.4, 0.5) is 19.0 Å². The molecule has 10 nitrogen and oxygen atoms in total. The van der Waals surface area contributed by atoms with Crippen molar-refractivity contribution in [2.24, 2.45) is 5.92 Å². The molecule has 13 heteroatoms. The molecule has 1 aromatic heterocycles. The number of amides is 2. The molecule has 1 aliphatic carbocycles. The van der Waals surface area contributed by atoms with Gasteiger partial charge in [-0.15, -0.1) is 0 Å². The standard InChI is InChI=1S/C30H35F3N6O4/c1-42-23-9-5-19(26(12-23)43-2)13-35-29(41)18-3-7-22(8-4-18)39-15-21(16-39)38-27(40)14-34-28-24-11-20(30(31,32)33)6-10-25(24)36-17-37-28/h5-6,9-12,17-18,21-22H,3-4,7-8,13-16H2,1-2H3,(H,35,41)(H,38,40)(H,34,36,37). The number of benzene rings is 2. The Morgan fingerprint density at radius 2 is 1.77 bits per heavy atom. The van der Waals surface area contributed by atoms with Crippen LogP contribution in [0.3, 0.4) is 0 Å². The lowest BCUT2D eigenvalue weighted by atomic mass is 9.83. The Balaban J connectivity index is 1.02. The lowest BCUT2D eigenvalue weighted by Gasteiger charge is -2.46. The summed E-state index contributed by atoms with van der Waals surface area (Å²) in [6, 6.07) is 9.11. The first-order valence-electron chi connectivity index (χ1n) is 14.2. The van der Waals surface area contributed by atoms with Gasteiger partial charge in [-0.25, -0.2) is 9.97 Å². The number of ether oxygens (including phenoxy) is 2. The number of rotatable bonds is 10. The zero-order chi connectivity index (χ0) is 30.6. The highest BCUT2D eigenvalue weighted by Crippen LogP contribution is 2.33. The molecule has 43 heavy (non-hydrogen) atoms. The van der Waals surface area contributed by atoms with Crippen LogP contribution < -0.4 is 25.4 Å². The van der Waals surface area contributed by atoms with E-state index < -0.39 is 11.7 Å². The van der Waals surface area contributed by atoms with Crippen molar-refractivity contribution in [3.8, 4) is 11.5 Å². The number of alkyl halides is 3. The third-order valence-electron chi connectivity index (χ3n) is 8.19. The van der Waals surface area contributed by atoms with Crippen LogP contribution >= 0.6 is 0 Å². The molecule has 0 bridgehead atoms. The minimum absolute atomic E-state index is 0.00576. The molecule has 2 aliphatic rings. The van der Waals surface area contributed by atoms with E-state index in [0.29, 0.717) is 29.6 Å². The molecular weight excluding hydrogens is 565 g/mol. The number of hydrogen-bond donors (Lipinski definition) is 3. The zero-order valence-corrected chi connectivity index (χ0v) is 24.0. The van der Waals surface area contributed by atoms with E-state index in [4.69, 9.17) is 9.47 Å². The molecule has 2 fully saturated rings. The van der Waals surface area contributed by atoms with Gasteiger partial charge in [0.2, 0.25) is 11.8 Å². The summed E-state index contributed by atoms with van der Waals surface area (Å²) < 4.78 is 50.1. The fourth-order valence-electron chi connectivity index (χ4n) is 5.75. The van der Waals surface area contributed by atoms with Crippen molar-refractivity contribution in [3.63, 3.8) is 0 Å². The van der Waals surface area contributed by atoms with E-state index in [1.807, 2.05) is 12.1 Å². The van der Waals surface area contributed by atoms with Crippen molar-refractivity contribution in [2.45, 2.75) is 50.5 Å². The first-order valence-corrected chi connectivity index (χ1v) is 14.2. The maximum absolute atomic E-state index is 13.2. The van der Waals surface area contributed by atoms with Gasteiger partial charge in [0, 0.05) is 48.6 Å². The quantitative estimate of drug-likeness (QED) is 0.322. The van der Waals surface area contributed by atoms with Gasteiger partial charge in [-0.1, -0.05) is 0 Å². The minimum Gasteiger partial charge on any atom is -0.497 e. The summed E-state index contributed by atoms with van der Waals surface area (Å²) in [6.07, 6.45) is 0.177. The van der Waals surface area contributed by atoms with Gasteiger partial charge in [0.1, 0.15) is 23.6 Å². The summed E-state index contributed by atoms with van der Waals surface area (Å²) in [5.74, 6) is 1.28. The Morgan fingerprint density at radius 3 is 2.47 bits per heavy atom. The Bertz CT molecular complexity index is 1460. The van der Waals surface area contributed by atoms with E-state index in [2.05, 4.69) is 30.8 Å². The van der Waals surface area contributed by atoms with Crippen LogP contribution in [-0.2, 0) is 22.3 Å². The number of fused-ring (bicyclic) bond motifs is 1. The monoisotopic (exact) mass is 600 g/mol. The van der Waals surface area contributed by atoms with Crippen LogP contribution in [0.1, 0.15) is 36.8 Å². The van der Waals surface area contributed by atoms with Crippen molar-refractivity contribution in [3.05, 3.63) is 53.9 Å². The third kappa shape index (κ3) is 7.27. The molecule has 3 N–H and O–H groups in total. The van der Waals surface area contributed by atoms with Crippen LogP contribution in [-0.4, -0.2) is 72.6 Å². The Hall–Kier alpha value is -4.13. The molecule has 5 rings (SSSR count). The lowest BCUT2D eigenvalue weighted by molar-refractivity contribution is -0.137. The molecule has 2 amide bonds. The van der Waals surface area contributed by atoms with Gasteiger partial charge in [0.15, 0.2) is 0 Å². The SMILES string of the molecule is COc1ccc(CNC(=O)C2CCC(N3CC(NC(=O)CNc4ncnc5ccc(C(F)(F)F)cc45)C3)CC2)c(OC)c1. The fourth-order valence-corrected chi connectivity index (χ4v) is 5.75. The highest BCUT2D eigenvalue weighted by Gasteiger charge is 2.36. The van der Waals surface area contributed by atoms with E-state index in [-0.39, 0.29) is 41.5 Å². The lowest BCUT2D eigenvalue weighted by Crippen LogP contribution is -2.63. The topological polar surface area (TPSA) is 118 Å². The summed E-state index contributed by atoms with van der Waals surface area (Å²) in [4.78, 5) is 35.7. The zero-order valence-electron chi connectivity index (χ0n) is 24.0. The van der Waals surface area contributed by atoms with Crippen LogP contribution in [0, 0.1) is 5.92 Å². The predicted octanol–water partition coefficient (Wildman–Crippen LogP) is 3.75. The fraction of sp³-hybridized carbons (Fsp3) is 0.467. The second kappa shape index (κ2) is 13.0. The Labute approximate surface area is 247 Å². The number of carbonyl (C=O) groups is 2. The predicted molar refractivity (Wildman–Crippen MR) is 154 cm³/mol. The molecule has 230 valence electrons. The summed E-state index contributed by atoms with van der Waals surface area (Å²) in [5, 5.41) is 9.05. The molecule has 0 atom stereocenters. The second-order valence-electron chi connectivity index (χ2n) is 10.9.